The highest BCUT2D eigenvalue weighted by atomic mass is 16.4. The lowest BCUT2D eigenvalue weighted by Gasteiger charge is -2.20. The number of carbonyl (C=O) groups is 2. The molecular weight excluding hydrogens is 268 g/mol. The Kier molecular flexibility index (Phi) is 3.45. The van der Waals surface area contributed by atoms with Crippen molar-refractivity contribution in [1.29, 1.82) is 0 Å². The van der Waals surface area contributed by atoms with Crippen molar-refractivity contribution in [2.45, 2.75) is 45.2 Å². The fourth-order valence-corrected chi connectivity index (χ4v) is 3.50. The van der Waals surface area contributed by atoms with E-state index in [1.54, 1.807) is 13.0 Å². The molecule has 3 rings (SSSR count). The lowest BCUT2D eigenvalue weighted by Crippen LogP contribution is -2.32. The van der Waals surface area contributed by atoms with Crippen molar-refractivity contribution < 1.29 is 14.7 Å². The van der Waals surface area contributed by atoms with Gasteiger partial charge in [0, 0.05) is 17.8 Å². The monoisotopic (exact) mass is 288 g/mol. The van der Waals surface area contributed by atoms with E-state index in [4.69, 9.17) is 0 Å². The van der Waals surface area contributed by atoms with E-state index in [9.17, 15) is 14.7 Å². The Morgan fingerprint density at radius 2 is 2.05 bits per heavy atom. The predicted octanol–water partition coefficient (Wildman–Crippen LogP) is 2.08. The van der Waals surface area contributed by atoms with Crippen LogP contribution in [0.2, 0.25) is 0 Å². The molecule has 0 saturated carbocycles. The minimum atomic E-state index is -0.965. The second-order valence-electron chi connectivity index (χ2n) is 6.15. The molecule has 0 aliphatic carbocycles. The predicted molar refractivity (Wildman–Crippen MR) is 79.6 cm³/mol. The van der Waals surface area contributed by atoms with E-state index in [1.807, 2.05) is 13.0 Å². The van der Waals surface area contributed by atoms with Crippen LogP contribution in [0.15, 0.2) is 12.1 Å². The second kappa shape index (κ2) is 5.15. The Balaban J connectivity index is 1.78. The van der Waals surface area contributed by atoms with Crippen molar-refractivity contribution in [2.24, 2.45) is 5.92 Å². The molecule has 21 heavy (non-hydrogen) atoms. The van der Waals surface area contributed by atoms with E-state index >= 15 is 0 Å². The van der Waals surface area contributed by atoms with Gasteiger partial charge in [-0.25, -0.2) is 4.79 Å². The van der Waals surface area contributed by atoms with E-state index in [0.717, 1.165) is 30.4 Å². The Morgan fingerprint density at radius 3 is 2.62 bits per heavy atom. The Morgan fingerprint density at radius 1 is 1.29 bits per heavy atom. The maximum absolute atomic E-state index is 12.4. The van der Waals surface area contributed by atoms with E-state index in [0.29, 0.717) is 11.7 Å². The molecule has 3 unspecified atom stereocenters. The van der Waals surface area contributed by atoms with E-state index in [2.05, 4.69) is 10.6 Å². The maximum atomic E-state index is 12.4. The summed E-state index contributed by atoms with van der Waals surface area (Å²) in [4.78, 5) is 23.6. The number of carboxylic acid groups (broad SMARTS) is 1. The summed E-state index contributed by atoms with van der Waals surface area (Å²) in [5.74, 6) is -0.971. The molecule has 2 aliphatic rings. The molecule has 2 bridgehead atoms. The first-order valence-electron chi connectivity index (χ1n) is 7.37. The van der Waals surface area contributed by atoms with Gasteiger partial charge in [-0.1, -0.05) is 0 Å². The summed E-state index contributed by atoms with van der Waals surface area (Å²) in [6.07, 6.45) is 3.09. The molecule has 5 heteroatoms. The minimum Gasteiger partial charge on any atom is -0.478 e. The van der Waals surface area contributed by atoms with Crippen LogP contribution in [0, 0.1) is 19.8 Å². The summed E-state index contributed by atoms with van der Waals surface area (Å²) in [6.45, 7) is 3.64. The van der Waals surface area contributed by atoms with Crippen molar-refractivity contribution >= 4 is 17.6 Å². The van der Waals surface area contributed by atoms with Gasteiger partial charge in [-0.3, -0.25) is 4.79 Å². The molecule has 3 atom stereocenters. The molecule has 0 aromatic heterocycles. The smallest absolute Gasteiger partial charge is 0.336 e. The van der Waals surface area contributed by atoms with Crippen LogP contribution in [0.3, 0.4) is 0 Å². The summed E-state index contributed by atoms with van der Waals surface area (Å²) in [5, 5.41) is 15.6. The highest BCUT2D eigenvalue weighted by Crippen LogP contribution is 2.34. The third kappa shape index (κ3) is 2.53. The zero-order valence-electron chi connectivity index (χ0n) is 12.3. The van der Waals surface area contributed by atoms with Crippen LogP contribution >= 0.6 is 0 Å². The first-order chi connectivity index (χ1) is 9.95. The molecule has 3 N–H and O–H groups in total. The fraction of sp³-hybridized carbons (Fsp3) is 0.500. The number of aromatic carboxylic acids is 1. The number of benzene rings is 1. The molecule has 2 fully saturated rings. The van der Waals surface area contributed by atoms with E-state index in [1.165, 1.54) is 0 Å². The molecule has 0 spiro atoms. The first-order valence-corrected chi connectivity index (χ1v) is 7.37. The van der Waals surface area contributed by atoms with Gasteiger partial charge in [0.1, 0.15) is 0 Å². The van der Waals surface area contributed by atoms with Crippen molar-refractivity contribution in [2.75, 3.05) is 5.32 Å². The van der Waals surface area contributed by atoms with Gasteiger partial charge in [0.2, 0.25) is 5.91 Å². The molecule has 112 valence electrons. The third-order valence-corrected chi connectivity index (χ3v) is 4.80. The first kappa shape index (κ1) is 14.1. The average molecular weight is 288 g/mol. The number of hydrogen-bond donors (Lipinski definition) is 3. The lowest BCUT2D eigenvalue weighted by atomic mass is 9.88. The number of aryl methyl sites for hydroxylation is 1. The molecular formula is C16H20N2O3. The fourth-order valence-electron chi connectivity index (χ4n) is 3.50. The van der Waals surface area contributed by atoms with Crippen LogP contribution in [0.1, 0.15) is 40.7 Å². The molecule has 1 aromatic carbocycles. The summed E-state index contributed by atoms with van der Waals surface area (Å²) in [6, 6.07) is 4.13. The summed E-state index contributed by atoms with van der Waals surface area (Å²) in [5.41, 5.74) is 2.43. The van der Waals surface area contributed by atoms with Gasteiger partial charge in [0.05, 0.1) is 11.5 Å². The van der Waals surface area contributed by atoms with Crippen LogP contribution in [0.25, 0.3) is 0 Å². The SMILES string of the molecule is Cc1cc(NC(=O)C2CC3CCC2N3)cc(C(=O)O)c1C. The van der Waals surface area contributed by atoms with Crippen molar-refractivity contribution in [1.82, 2.24) is 5.32 Å². The molecule has 5 nitrogen and oxygen atoms in total. The van der Waals surface area contributed by atoms with Crippen LogP contribution in [-0.4, -0.2) is 29.1 Å². The summed E-state index contributed by atoms with van der Waals surface area (Å²) < 4.78 is 0. The number of rotatable bonds is 3. The van der Waals surface area contributed by atoms with Gasteiger partial charge in [0.25, 0.3) is 0 Å². The van der Waals surface area contributed by atoms with Crippen LogP contribution in [-0.2, 0) is 4.79 Å². The Bertz CT molecular complexity index is 612. The second-order valence-corrected chi connectivity index (χ2v) is 6.15. The van der Waals surface area contributed by atoms with Gasteiger partial charge in [-0.2, -0.15) is 0 Å². The molecule has 2 heterocycles. The average Bonchev–Trinajstić information content (AvgIpc) is 3.04. The topological polar surface area (TPSA) is 78.4 Å². The number of carbonyl (C=O) groups excluding carboxylic acids is 1. The standard InChI is InChI=1S/C16H20N2O3/c1-8-5-11(7-12(9(8)2)16(20)21)18-15(19)13-6-10-3-4-14(13)17-10/h5,7,10,13-14,17H,3-4,6H2,1-2H3,(H,18,19)(H,20,21). The van der Waals surface area contributed by atoms with Crippen molar-refractivity contribution in [3.8, 4) is 0 Å². The highest BCUT2D eigenvalue weighted by Gasteiger charge is 2.42. The number of amides is 1. The Labute approximate surface area is 123 Å². The van der Waals surface area contributed by atoms with Crippen LogP contribution in [0.4, 0.5) is 5.69 Å². The van der Waals surface area contributed by atoms with Gasteiger partial charge in [-0.15, -0.1) is 0 Å². The van der Waals surface area contributed by atoms with Gasteiger partial charge < -0.3 is 15.7 Å². The third-order valence-electron chi connectivity index (χ3n) is 4.80. The van der Waals surface area contributed by atoms with E-state index < -0.39 is 5.97 Å². The van der Waals surface area contributed by atoms with Crippen molar-refractivity contribution in [3.05, 3.63) is 28.8 Å². The normalized spacial score (nSPS) is 26.9. The zero-order valence-corrected chi connectivity index (χ0v) is 12.3. The van der Waals surface area contributed by atoms with Crippen LogP contribution < -0.4 is 10.6 Å². The number of fused-ring (bicyclic) bond motifs is 2. The largest absolute Gasteiger partial charge is 0.478 e. The molecule has 1 amide bonds. The summed E-state index contributed by atoms with van der Waals surface area (Å²) >= 11 is 0. The quantitative estimate of drug-likeness (QED) is 0.795. The van der Waals surface area contributed by atoms with E-state index in [-0.39, 0.29) is 23.4 Å². The van der Waals surface area contributed by atoms with Gasteiger partial charge in [-0.05, 0) is 56.4 Å². The molecule has 2 aliphatic heterocycles. The van der Waals surface area contributed by atoms with Crippen LogP contribution in [0.5, 0.6) is 0 Å². The number of carboxylic acids is 1. The van der Waals surface area contributed by atoms with Gasteiger partial charge >= 0.3 is 5.97 Å². The number of nitrogens with one attached hydrogen (secondary N) is 2. The van der Waals surface area contributed by atoms with Gasteiger partial charge in [0.15, 0.2) is 0 Å². The van der Waals surface area contributed by atoms with Crippen molar-refractivity contribution in [3.63, 3.8) is 0 Å². The zero-order chi connectivity index (χ0) is 15.1. The molecule has 1 aromatic rings. The highest BCUT2D eigenvalue weighted by molar-refractivity contribution is 5.96. The summed E-state index contributed by atoms with van der Waals surface area (Å²) in [7, 11) is 0. The number of hydrogen-bond acceptors (Lipinski definition) is 3. The molecule has 2 saturated heterocycles. The minimum absolute atomic E-state index is 0.00126. The molecule has 0 radical (unpaired) electrons. The number of anilines is 1. The maximum Gasteiger partial charge on any atom is 0.336 e. The lowest BCUT2D eigenvalue weighted by molar-refractivity contribution is -0.120. The Hall–Kier alpha value is -1.88.